The number of hydrogen-bond donors (Lipinski definition) is 12. The number of rotatable bonds is 21. The smallest absolute Gasteiger partial charge is 0.830 e. The summed E-state index contributed by atoms with van der Waals surface area (Å²) in [7, 11) is -0.431. The number of halogens is 4. The molecular weight excluding hydrogens is 2210 g/mol. The number of hydrazine groups is 2. The second kappa shape index (κ2) is 79.0. The molecule has 0 aliphatic rings. The van der Waals surface area contributed by atoms with E-state index in [2.05, 4.69) is 83.5 Å². The molecule has 51 heteroatoms. The molecular formula is C90H153BrCl3N19O24P3Pt+. The number of nitrogens with zero attached hydrogens (tertiary/aromatic N) is 10. The van der Waals surface area contributed by atoms with Crippen LogP contribution in [0.25, 0.3) is 20.7 Å². The van der Waals surface area contributed by atoms with Gasteiger partial charge in [-0.1, -0.05) is 89.9 Å². The van der Waals surface area contributed by atoms with Gasteiger partial charge < -0.3 is 90.3 Å². The van der Waals surface area contributed by atoms with E-state index < -0.39 is 113 Å². The third kappa shape index (κ3) is 79.7. The average molecular weight is 2360 g/mol. The van der Waals surface area contributed by atoms with E-state index in [4.69, 9.17) is 100.0 Å². The van der Waals surface area contributed by atoms with E-state index in [1.165, 1.54) is 27.9 Å². The van der Waals surface area contributed by atoms with E-state index in [1.807, 2.05) is 122 Å². The second-order valence-corrected chi connectivity index (χ2v) is 40.9. The number of aliphatic carboxylic acids is 1. The number of ether oxygens (including phenoxy) is 9. The van der Waals surface area contributed by atoms with Crippen molar-refractivity contribution in [1.29, 1.82) is 5.26 Å². The Kier molecular flexibility index (Phi) is 85.0. The molecule has 17 N–H and O–H groups in total. The van der Waals surface area contributed by atoms with Gasteiger partial charge in [0.05, 0.1) is 30.2 Å². The summed E-state index contributed by atoms with van der Waals surface area (Å²) in [6, 6.07) is 17.4. The maximum Gasteiger partial charge on any atom is 2.00 e. The summed E-state index contributed by atoms with van der Waals surface area (Å²) in [4.78, 5) is 161. The Labute approximate surface area is 874 Å². The number of alkyl halides is 1. The van der Waals surface area contributed by atoms with Crippen LogP contribution in [0.3, 0.4) is 0 Å². The van der Waals surface area contributed by atoms with Crippen molar-refractivity contribution in [3.63, 3.8) is 0 Å². The zero-order chi connectivity index (χ0) is 110. The first kappa shape index (κ1) is 152. The molecule has 2 amide bonds. The van der Waals surface area contributed by atoms with Crippen molar-refractivity contribution in [2.75, 3.05) is 78.3 Å². The van der Waals surface area contributed by atoms with Gasteiger partial charge >= 0.3 is 74.8 Å². The van der Waals surface area contributed by atoms with Crippen molar-refractivity contribution < 1.29 is 131 Å². The number of aryl methyl sites for hydroxylation is 4. The predicted molar refractivity (Wildman–Crippen MR) is 554 cm³/mol. The molecule has 4 heterocycles. The fourth-order valence-electron chi connectivity index (χ4n) is 8.31. The number of fused-ring (bicyclic) bond motifs is 1. The number of aromatic nitrogens is 8. The first-order valence-electron chi connectivity index (χ1n) is 42.3. The monoisotopic (exact) mass is 2360 g/mol. The predicted octanol–water partition coefficient (Wildman–Crippen LogP) is 13.4. The number of H-pyrrole nitrogens is 1. The van der Waals surface area contributed by atoms with Gasteiger partial charge in [-0.15, -0.1) is 24.8 Å². The number of hydrogen-bond acceptors (Lipinski definition) is 34. The Morgan fingerprint density at radius 2 is 0.943 bits per heavy atom. The van der Waals surface area contributed by atoms with Crippen molar-refractivity contribution in [2.24, 2.45) is 17.3 Å². The van der Waals surface area contributed by atoms with E-state index in [0.717, 1.165) is 17.7 Å². The number of nitrogen functional groups attached to an aromatic ring is 2. The molecule has 0 bridgehead atoms. The SMILES string of the molecule is CC(=O)Cl.CC(Br)C(=O)OC(C)(C)C.CC(NN)C(=O)OC(C)(C)C.CC(NNC(=O)OCc1ccccc1)C(=O)OC(C)(C)C.CCOC.CP(C)O.CP(C)O.CP(C)[O-].Cc1nc2c(c(C)nn2C(C)C(=O)O)c(=O)[nH]1.Cc1nn(C(C)C(=O)OC(C)(C)C)c(N)c1C#N.Cc1nn(C(C)C(=O)OC(C)(C)C)c(N)c1C(N)=O.Cl.Cl.NCC(=O)OCc1ccccc1.[C-]#[N+]C([N+]#[C-])=C(C)OCC.[Pt+2]. The summed E-state index contributed by atoms with van der Waals surface area (Å²) in [6.45, 7) is 75.3. The number of carbonyl (C=O) groups is 10. The van der Waals surface area contributed by atoms with Crippen LogP contribution in [0.15, 0.2) is 77.0 Å². The standard InChI is InChI=1S/C15H22N2O4.C12H20N4O3.C12H18N4O2.C10H12N4O3.C9H11NO2.C7H13BrO2.C7H16N2O2.C7H8N2O.C3H8O.C2H3ClO.2C2H7OP.C2H6OP.2ClH.Pt/c1-11(13(18)21-15(2,3)4)16-17-14(19)20-10-12-8-6-5-7-9-12;1-6-8(10(14)17)9(13)16(15-6)7(2)11(18)19-12(3,4)5;1-7-9(6-13)10(14)16(15-7)8(2)11(17)18-12(3,4)5;1-4-7-8(11-6(3)12-9(7)15)14(13-4)5(2)10(16)17;10-6-9(11)12-7-8-4-2-1-3-5-8;1-5(8)6(9)10-7(2,3)4;1-5(9-8)6(10)11-7(2,3)4;1-5-10-6(2)7(8-3)9-4;1-3-4-2;1-2(3)4;3*1-4(2)3;;;/h5-9,11,16H,10H2,1-4H3,(H,17,19);7H,13H2,1-5H3,(H2,14,17);8H,14H2,1-5H3;5H,1-3H3,(H,16,17)(H,11,12,15);1-5H,6-7,10H2;5H,1-4H3;5,9H,8H2,1-4H3;5H2,1-2H3;3H2,1-2H3;1H3;2*3H,1-2H3;1-2H3;2*1H;/q;;;;;;;;;;;;-1;;;+2. The number of nitrogens with one attached hydrogen (secondary N) is 4. The third-order valence-corrected chi connectivity index (χ3v) is 14.5. The molecule has 0 radical (unpaired) electrons. The van der Waals surface area contributed by atoms with Gasteiger partial charge in [0.1, 0.15) is 129 Å². The van der Waals surface area contributed by atoms with Crippen LogP contribution in [0.5, 0.6) is 0 Å². The fraction of sp³-hybridized carbons (Fsp3) is 0.578. The second-order valence-electron chi connectivity index (χ2n) is 34.0. The number of esters is 6. The third-order valence-electron chi connectivity index (χ3n) is 14.1. The molecule has 6 unspecified atom stereocenters. The van der Waals surface area contributed by atoms with Crippen LogP contribution >= 0.6 is 76.8 Å². The van der Waals surface area contributed by atoms with Gasteiger partial charge in [0.25, 0.3) is 11.5 Å². The van der Waals surface area contributed by atoms with Crippen LogP contribution in [-0.4, -0.2) is 225 Å². The topological polar surface area (TPSA) is 635 Å². The number of carboxylic acids is 1. The number of methoxy groups -OCH3 is 1. The molecule has 0 fully saturated rings. The molecule has 0 saturated heterocycles. The number of nitrogens with two attached hydrogens (primary N) is 5. The molecule has 0 aliphatic heterocycles. The number of amides is 2. The molecule has 43 nitrogen and oxygen atoms in total. The van der Waals surface area contributed by atoms with Crippen LogP contribution in [0.4, 0.5) is 16.4 Å². The summed E-state index contributed by atoms with van der Waals surface area (Å²) in [5.74, 6) is 2.19. The average Bonchev–Trinajstić information content (AvgIpc) is 1.63. The zero-order valence-electron chi connectivity index (χ0n) is 87.8. The summed E-state index contributed by atoms with van der Waals surface area (Å²) < 4.78 is 48.8. The van der Waals surface area contributed by atoms with Gasteiger partial charge in [-0.25, -0.2) is 57.2 Å². The van der Waals surface area contributed by atoms with Gasteiger partial charge in [0.2, 0.25) is 5.24 Å². The molecule has 4 aromatic heterocycles. The first-order chi connectivity index (χ1) is 63.0. The molecule has 0 saturated carbocycles. The van der Waals surface area contributed by atoms with Crippen LogP contribution in [0.1, 0.15) is 241 Å². The molecule has 0 aliphatic carbocycles. The Morgan fingerprint density at radius 3 is 1.24 bits per heavy atom. The number of aromatic amines is 1. The maximum absolute atomic E-state index is 11.9. The number of carboxylic acid groups (broad SMARTS) is 1. The molecule has 0 spiro atoms. The Balaban J connectivity index is -0.000000170. The molecule has 6 atom stereocenters. The number of benzene rings is 2. The van der Waals surface area contributed by atoms with Gasteiger partial charge in [-0.05, 0) is 243 Å². The molecule has 804 valence electrons. The number of anilines is 2. The summed E-state index contributed by atoms with van der Waals surface area (Å²) in [5.41, 5.74) is 30.1. The van der Waals surface area contributed by atoms with Gasteiger partial charge in [-0.2, -0.15) is 30.2 Å². The van der Waals surface area contributed by atoms with Gasteiger partial charge in [0.15, 0.2) is 11.4 Å². The van der Waals surface area contributed by atoms with E-state index in [0.29, 0.717) is 58.5 Å². The summed E-state index contributed by atoms with van der Waals surface area (Å²) >= 11 is 7.75. The van der Waals surface area contributed by atoms with Crippen LogP contribution in [0, 0.1) is 52.2 Å². The Morgan fingerprint density at radius 1 is 0.603 bits per heavy atom. The van der Waals surface area contributed by atoms with Crippen molar-refractivity contribution in [3.8, 4) is 6.07 Å². The minimum atomic E-state index is -1.02. The quantitative estimate of drug-likeness (QED) is 0.00366. The largest absolute Gasteiger partial charge is 2.00 e. The van der Waals surface area contributed by atoms with Gasteiger partial charge in [0, 0.05) is 36.9 Å². The minimum absolute atomic E-state index is 0. The Hall–Kier alpha value is -9.47. The van der Waals surface area contributed by atoms with Crippen LogP contribution in [-0.2, 0) is 115 Å². The number of primary amides is 1. The van der Waals surface area contributed by atoms with Crippen molar-refractivity contribution in [3.05, 3.63) is 151 Å². The van der Waals surface area contributed by atoms with Crippen molar-refractivity contribution in [2.45, 2.75) is 277 Å². The number of allylic oxidation sites excluding steroid dienone is 1. The molecule has 2 aromatic carbocycles. The van der Waals surface area contributed by atoms with Crippen LogP contribution in [0.2, 0.25) is 0 Å². The van der Waals surface area contributed by atoms with Crippen molar-refractivity contribution >= 4 is 158 Å². The summed E-state index contributed by atoms with van der Waals surface area (Å²) in [5, 5.41) is 30.1. The maximum atomic E-state index is 11.9. The molecule has 6 rings (SSSR count). The van der Waals surface area contributed by atoms with E-state index >= 15 is 0 Å². The normalized spacial score (nSPS) is 11.4. The zero-order valence-corrected chi connectivity index (χ0v) is 96.7. The first-order valence-corrected chi connectivity index (χ1v) is 50.1. The minimum Gasteiger partial charge on any atom is -0.830 e. The molecule has 6 aromatic rings. The van der Waals surface area contributed by atoms with E-state index in [1.54, 1.807) is 179 Å². The van der Waals surface area contributed by atoms with Crippen molar-refractivity contribution in [1.82, 2.24) is 55.6 Å². The van der Waals surface area contributed by atoms with E-state index in [9.17, 15) is 57.6 Å². The molecule has 141 heavy (non-hydrogen) atoms. The van der Waals surface area contributed by atoms with Gasteiger partial charge in [-0.3, -0.25) is 44.8 Å². The van der Waals surface area contributed by atoms with E-state index in [-0.39, 0.29) is 121 Å². The Bertz CT molecular complexity index is 4840. The van der Waals surface area contributed by atoms with Crippen LogP contribution < -0.4 is 55.5 Å². The summed E-state index contributed by atoms with van der Waals surface area (Å²) in [6.07, 6.45) is -0.658. The number of carbonyl (C=O) groups excluding carboxylic acids is 9. The number of nitriles is 1. The fourth-order valence-corrected chi connectivity index (χ4v) is 8.40.